The van der Waals surface area contributed by atoms with E-state index in [1.54, 1.807) is 12.4 Å². The fourth-order valence-electron chi connectivity index (χ4n) is 0.296. The largest absolute Gasteiger partial charge is 0.396 e. The summed E-state index contributed by atoms with van der Waals surface area (Å²) < 4.78 is 0. The Labute approximate surface area is 49.6 Å². The molecule has 0 aromatic carbocycles. The van der Waals surface area contributed by atoms with E-state index in [1.165, 1.54) is 0 Å². The molecule has 0 heterocycles. The van der Waals surface area contributed by atoms with Crippen LogP contribution in [0.3, 0.4) is 0 Å². The molecule has 2 nitrogen and oxygen atoms in total. The highest BCUT2D eigenvalue weighted by Gasteiger charge is 1.68. The molecule has 0 rings (SSSR count). The zero-order valence-electron chi connectivity index (χ0n) is 5.04. The predicted octanol–water partition coefficient (Wildman–Crippen LogP) is 0.973. The average molecular weight is 113 g/mol. The molecule has 0 bridgehead atoms. The Morgan fingerprint density at radius 1 is 1.62 bits per heavy atom. The number of aliphatic hydroxyl groups excluding tert-OH is 1. The summed E-state index contributed by atoms with van der Waals surface area (Å²) in [4.78, 5) is 3.79. The SMILES string of the molecule is C/C=N\C=C/CCO. The van der Waals surface area contributed by atoms with Crippen LogP contribution in [0.25, 0.3) is 0 Å². The van der Waals surface area contributed by atoms with Crippen molar-refractivity contribution in [2.45, 2.75) is 13.3 Å². The second-order valence-corrected chi connectivity index (χ2v) is 1.30. The zero-order chi connectivity index (χ0) is 6.24. The first-order valence-corrected chi connectivity index (χ1v) is 2.65. The Hall–Kier alpha value is -0.630. The van der Waals surface area contributed by atoms with Gasteiger partial charge in [-0.2, -0.15) is 0 Å². The zero-order valence-corrected chi connectivity index (χ0v) is 5.04. The average Bonchev–Trinajstić information content (AvgIpc) is 1.81. The fourth-order valence-corrected chi connectivity index (χ4v) is 0.296. The maximum Gasteiger partial charge on any atom is 0.0466 e. The third-order valence-electron chi connectivity index (χ3n) is 0.636. The van der Waals surface area contributed by atoms with Crippen LogP contribution in [0.4, 0.5) is 0 Å². The van der Waals surface area contributed by atoms with Crippen LogP contribution in [0.2, 0.25) is 0 Å². The summed E-state index contributed by atoms with van der Waals surface area (Å²) in [6, 6.07) is 0. The number of aliphatic hydroxyl groups is 1. The smallest absolute Gasteiger partial charge is 0.0466 e. The van der Waals surface area contributed by atoms with Gasteiger partial charge in [0.15, 0.2) is 0 Å². The minimum atomic E-state index is 0.204. The van der Waals surface area contributed by atoms with Crippen molar-refractivity contribution in [2.24, 2.45) is 4.99 Å². The lowest BCUT2D eigenvalue weighted by molar-refractivity contribution is 0.302. The van der Waals surface area contributed by atoms with Crippen LogP contribution >= 0.6 is 0 Å². The van der Waals surface area contributed by atoms with Gasteiger partial charge in [0.25, 0.3) is 0 Å². The van der Waals surface area contributed by atoms with Crippen molar-refractivity contribution in [3.05, 3.63) is 12.3 Å². The van der Waals surface area contributed by atoms with Crippen molar-refractivity contribution < 1.29 is 5.11 Å². The molecule has 0 aliphatic heterocycles. The highest BCUT2D eigenvalue weighted by Crippen LogP contribution is 1.79. The monoisotopic (exact) mass is 113 g/mol. The van der Waals surface area contributed by atoms with Crippen molar-refractivity contribution in [2.75, 3.05) is 6.61 Å². The molecule has 0 saturated heterocycles. The van der Waals surface area contributed by atoms with Crippen LogP contribution in [0.5, 0.6) is 0 Å². The number of hydrogen-bond donors (Lipinski definition) is 1. The highest BCUT2D eigenvalue weighted by atomic mass is 16.2. The Kier molecular flexibility index (Phi) is 5.87. The highest BCUT2D eigenvalue weighted by molar-refractivity contribution is 5.54. The molecule has 0 spiro atoms. The lowest BCUT2D eigenvalue weighted by Gasteiger charge is -1.78. The minimum absolute atomic E-state index is 0.204. The summed E-state index contributed by atoms with van der Waals surface area (Å²) >= 11 is 0. The molecule has 0 amide bonds. The van der Waals surface area contributed by atoms with Gasteiger partial charge in [0.1, 0.15) is 0 Å². The van der Waals surface area contributed by atoms with Gasteiger partial charge in [0, 0.05) is 19.0 Å². The molecule has 0 aromatic rings. The maximum absolute atomic E-state index is 8.26. The van der Waals surface area contributed by atoms with E-state index in [-0.39, 0.29) is 6.61 Å². The first-order valence-electron chi connectivity index (χ1n) is 2.65. The second kappa shape index (κ2) is 6.37. The molecular weight excluding hydrogens is 102 g/mol. The molecule has 0 aliphatic rings. The first-order chi connectivity index (χ1) is 3.91. The Morgan fingerprint density at radius 3 is 2.88 bits per heavy atom. The summed E-state index contributed by atoms with van der Waals surface area (Å²) in [5.74, 6) is 0. The van der Waals surface area contributed by atoms with E-state index in [2.05, 4.69) is 4.99 Å². The normalized spacial score (nSPS) is 11.8. The van der Waals surface area contributed by atoms with Gasteiger partial charge in [-0.05, 0) is 13.3 Å². The molecule has 8 heavy (non-hydrogen) atoms. The molecule has 1 N–H and O–H groups in total. The van der Waals surface area contributed by atoms with E-state index in [0.717, 1.165) is 0 Å². The van der Waals surface area contributed by atoms with Crippen LogP contribution < -0.4 is 0 Å². The molecule has 0 unspecified atom stereocenters. The van der Waals surface area contributed by atoms with Gasteiger partial charge >= 0.3 is 0 Å². The summed E-state index contributed by atoms with van der Waals surface area (Å²) in [6.45, 7) is 2.05. The number of nitrogens with zero attached hydrogens (tertiary/aromatic N) is 1. The molecule has 46 valence electrons. The van der Waals surface area contributed by atoms with Crippen molar-refractivity contribution in [3.63, 3.8) is 0 Å². The fraction of sp³-hybridized carbons (Fsp3) is 0.500. The van der Waals surface area contributed by atoms with E-state index in [0.29, 0.717) is 6.42 Å². The lowest BCUT2D eigenvalue weighted by atomic mass is 10.4. The molecule has 0 aromatic heterocycles. The third kappa shape index (κ3) is 5.37. The molecule has 0 fully saturated rings. The summed E-state index contributed by atoms with van der Waals surface area (Å²) in [7, 11) is 0. The predicted molar refractivity (Wildman–Crippen MR) is 35.0 cm³/mol. The summed E-state index contributed by atoms with van der Waals surface area (Å²) in [5.41, 5.74) is 0. The second-order valence-electron chi connectivity index (χ2n) is 1.30. The Bertz CT molecular complexity index is 86.5. The van der Waals surface area contributed by atoms with Crippen molar-refractivity contribution in [1.29, 1.82) is 0 Å². The number of hydrogen-bond acceptors (Lipinski definition) is 2. The van der Waals surface area contributed by atoms with Gasteiger partial charge in [-0.15, -0.1) is 0 Å². The van der Waals surface area contributed by atoms with E-state index >= 15 is 0 Å². The standard InChI is InChI=1S/C6H11NO/c1-2-7-5-3-4-6-8/h2-3,5,8H,4,6H2,1H3/b5-3-,7-2-. The van der Waals surface area contributed by atoms with E-state index in [4.69, 9.17) is 5.11 Å². The van der Waals surface area contributed by atoms with Gasteiger partial charge in [-0.3, -0.25) is 4.99 Å². The van der Waals surface area contributed by atoms with Gasteiger partial charge in [0.2, 0.25) is 0 Å². The molecule has 0 aliphatic carbocycles. The maximum atomic E-state index is 8.26. The first kappa shape index (κ1) is 7.37. The van der Waals surface area contributed by atoms with Crippen LogP contribution in [-0.4, -0.2) is 17.9 Å². The number of rotatable bonds is 3. The molecular formula is C6H11NO. The molecule has 0 radical (unpaired) electrons. The summed E-state index contributed by atoms with van der Waals surface area (Å²) in [6.07, 6.45) is 5.89. The Morgan fingerprint density at radius 2 is 2.38 bits per heavy atom. The van der Waals surface area contributed by atoms with E-state index in [9.17, 15) is 0 Å². The molecule has 0 saturated carbocycles. The third-order valence-corrected chi connectivity index (χ3v) is 0.636. The van der Waals surface area contributed by atoms with Crippen molar-refractivity contribution in [1.82, 2.24) is 0 Å². The van der Waals surface area contributed by atoms with Gasteiger partial charge < -0.3 is 5.11 Å². The topological polar surface area (TPSA) is 32.6 Å². The Balaban J connectivity index is 3.07. The van der Waals surface area contributed by atoms with Gasteiger partial charge in [-0.1, -0.05) is 6.08 Å². The van der Waals surface area contributed by atoms with Gasteiger partial charge in [0.05, 0.1) is 0 Å². The van der Waals surface area contributed by atoms with Crippen LogP contribution in [0, 0.1) is 0 Å². The van der Waals surface area contributed by atoms with Crippen molar-refractivity contribution >= 4 is 6.21 Å². The van der Waals surface area contributed by atoms with Gasteiger partial charge in [-0.25, -0.2) is 0 Å². The van der Waals surface area contributed by atoms with Crippen LogP contribution in [-0.2, 0) is 0 Å². The lowest BCUT2D eigenvalue weighted by Crippen LogP contribution is -1.73. The molecule has 0 atom stereocenters. The van der Waals surface area contributed by atoms with E-state index in [1.807, 2.05) is 13.0 Å². The van der Waals surface area contributed by atoms with Crippen LogP contribution in [0.1, 0.15) is 13.3 Å². The quantitative estimate of drug-likeness (QED) is 0.543. The molecule has 2 heteroatoms. The summed E-state index contributed by atoms with van der Waals surface area (Å²) in [5, 5.41) is 8.26. The van der Waals surface area contributed by atoms with Crippen LogP contribution in [0.15, 0.2) is 17.3 Å². The van der Waals surface area contributed by atoms with E-state index < -0.39 is 0 Å². The minimum Gasteiger partial charge on any atom is -0.396 e. The number of aliphatic imine (C=N–C) groups is 1. The van der Waals surface area contributed by atoms with Crippen molar-refractivity contribution in [3.8, 4) is 0 Å².